The van der Waals surface area contributed by atoms with E-state index in [1.165, 1.54) is 11.1 Å². The summed E-state index contributed by atoms with van der Waals surface area (Å²) in [6.45, 7) is 1.70. The summed E-state index contributed by atoms with van der Waals surface area (Å²) in [7, 11) is 3.35. The highest BCUT2D eigenvalue weighted by Crippen LogP contribution is 2.45. The summed E-state index contributed by atoms with van der Waals surface area (Å²) in [4.78, 5) is 30.4. The summed E-state index contributed by atoms with van der Waals surface area (Å²) in [5, 5.41) is 2.53. The van der Waals surface area contributed by atoms with Crippen molar-refractivity contribution in [3.05, 3.63) is 71.8 Å². The number of hydrazine groups is 1. The Morgan fingerprint density at radius 1 is 1.04 bits per heavy atom. The van der Waals surface area contributed by atoms with Crippen LogP contribution in [0.15, 0.2) is 60.7 Å². The van der Waals surface area contributed by atoms with Crippen LogP contribution in [-0.4, -0.2) is 36.2 Å². The Morgan fingerprint density at radius 3 is 2.11 bits per heavy atom. The van der Waals surface area contributed by atoms with E-state index in [-0.39, 0.29) is 0 Å². The zero-order valence-electron chi connectivity index (χ0n) is 15.4. The number of amides is 2. The van der Waals surface area contributed by atoms with Gasteiger partial charge in [0, 0.05) is 31.3 Å². The largest absolute Gasteiger partial charge is 0.457 e. The van der Waals surface area contributed by atoms with Gasteiger partial charge in [-0.05, 0) is 19.1 Å². The van der Waals surface area contributed by atoms with Gasteiger partial charge in [-0.25, -0.2) is 14.6 Å². The van der Waals surface area contributed by atoms with Crippen LogP contribution in [0.5, 0.6) is 11.5 Å². The van der Waals surface area contributed by atoms with E-state index < -0.39 is 18.0 Å². The third-order valence-corrected chi connectivity index (χ3v) is 3.89. The summed E-state index contributed by atoms with van der Waals surface area (Å²) in [5.41, 5.74) is 4.07. The topological polar surface area (TPSA) is 71.1 Å². The van der Waals surface area contributed by atoms with Gasteiger partial charge in [0.1, 0.15) is 17.5 Å². The molecular weight excluding hydrogens is 346 g/mol. The van der Waals surface area contributed by atoms with Crippen LogP contribution >= 0.6 is 0 Å². The Bertz CT molecular complexity index is 834. The van der Waals surface area contributed by atoms with Crippen molar-refractivity contribution >= 4 is 12.0 Å². The first-order valence-corrected chi connectivity index (χ1v) is 8.48. The van der Waals surface area contributed by atoms with E-state index in [0.717, 1.165) is 16.2 Å². The molecule has 7 heteroatoms. The molecular formula is C20H21N3O4. The average molecular weight is 367 g/mol. The standard InChI is InChI=1S/C20H21N3O4/c1-4-9-18(24)27-23(20(25)21-22(2)3)19-14-10-5-7-12-16(14)26-17-13-8-6-11-15(17)19/h4-13,19H,1-3H3,(H,21,25)/b9-4+. The second kappa shape index (κ2) is 7.92. The van der Waals surface area contributed by atoms with Gasteiger partial charge in [-0.2, -0.15) is 0 Å². The van der Waals surface area contributed by atoms with E-state index in [1.807, 2.05) is 48.5 Å². The van der Waals surface area contributed by atoms with Crippen molar-refractivity contribution in [2.75, 3.05) is 14.1 Å². The number of carbonyl (C=O) groups excluding carboxylic acids is 2. The highest BCUT2D eigenvalue weighted by atomic mass is 16.7. The molecule has 1 aliphatic rings. The number of nitrogens with one attached hydrogen (secondary N) is 1. The normalized spacial score (nSPS) is 12.9. The molecule has 0 radical (unpaired) electrons. The maximum atomic E-state index is 12.8. The average Bonchev–Trinajstić information content (AvgIpc) is 2.64. The predicted molar refractivity (Wildman–Crippen MR) is 99.8 cm³/mol. The minimum Gasteiger partial charge on any atom is -0.457 e. The molecule has 140 valence electrons. The smallest absolute Gasteiger partial charge is 0.366 e. The SMILES string of the molecule is C/C=C/C(=O)ON(C(=O)NN(C)C)C1c2ccccc2Oc2ccccc21. The Kier molecular flexibility index (Phi) is 5.42. The third kappa shape index (κ3) is 3.93. The molecule has 0 aromatic heterocycles. The number of benzene rings is 2. The number of nitrogens with zero attached hydrogens (tertiary/aromatic N) is 2. The Balaban J connectivity index is 2.10. The van der Waals surface area contributed by atoms with E-state index in [1.54, 1.807) is 27.1 Å². The third-order valence-electron chi connectivity index (χ3n) is 3.89. The van der Waals surface area contributed by atoms with Gasteiger partial charge >= 0.3 is 12.0 Å². The van der Waals surface area contributed by atoms with Gasteiger partial charge in [-0.15, -0.1) is 5.06 Å². The first kappa shape index (κ1) is 18.5. The minimum absolute atomic E-state index is 0.575. The molecule has 1 aliphatic heterocycles. The summed E-state index contributed by atoms with van der Waals surface area (Å²) in [6, 6.07) is 13.5. The number of para-hydroxylation sites is 2. The van der Waals surface area contributed by atoms with E-state index in [9.17, 15) is 9.59 Å². The van der Waals surface area contributed by atoms with Crippen molar-refractivity contribution in [1.82, 2.24) is 15.5 Å². The molecule has 0 saturated heterocycles. The number of hydrogen-bond acceptors (Lipinski definition) is 5. The number of hydroxylamine groups is 2. The van der Waals surface area contributed by atoms with Crippen LogP contribution < -0.4 is 10.2 Å². The fourth-order valence-electron chi connectivity index (χ4n) is 2.85. The van der Waals surface area contributed by atoms with Crippen molar-refractivity contribution < 1.29 is 19.2 Å². The highest BCUT2D eigenvalue weighted by molar-refractivity contribution is 5.84. The van der Waals surface area contributed by atoms with Gasteiger partial charge in [0.2, 0.25) is 0 Å². The van der Waals surface area contributed by atoms with Crippen molar-refractivity contribution in [3.63, 3.8) is 0 Å². The molecule has 0 saturated carbocycles. The first-order chi connectivity index (χ1) is 13.0. The number of fused-ring (bicyclic) bond motifs is 2. The molecule has 2 aromatic rings. The fraction of sp³-hybridized carbons (Fsp3) is 0.200. The lowest BCUT2D eigenvalue weighted by Gasteiger charge is -2.35. The Labute approximate surface area is 157 Å². The maximum absolute atomic E-state index is 12.8. The second-order valence-electron chi connectivity index (χ2n) is 6.13. The van der Waals surface area contributed by atoms with Crippen LogP contribution in [-0.2, 0) is 9.63 Å². The number of ether oxygens (including phenoxy) is 1. The molecule has 0 bridgehead atoms. The zero-order valence-corrected chi connectivity index (χ0v) is 15.4. The molecule has 2 amide bonds. The molecule has 1 N–H and O–H groups in total. The van der Waals surface area contributed by atoms with Crippen LogP contribution in [0, 0.1) is 0 Å². The molecule has 0 fully saturated rings. The Morgan fingerprint density at radius 2 is 1.59 bits per heavy atom. The molecule has 3 rings (SSSR count). The zero-order chi connectivity index (χ0) is 19.4. The van der Waals surface area contributed by atoms with Crippen LogP contribution in [0.25, 0.3) is 0 Å². The van der Waals surface area contributed by atoms with E-state index in [2.05, 4.69) is 5.43 Å². The van der Waals surface area contributed by atoms with Crippen molar-refractivity contribution in [2.45, 2.75) is 13.0 Å². The Hall–Kier alpha value is -3.32. The maximum Gasteiger partial charge on any atom is 0.366 e. The summed E-state index contributed by atoms with van der Waals surface area (Å²) < 4.78 is 5.95. The van der Waals surface area contributed by atoms with Gasteiger partial charge in [-0.3, -0.25) is 5.43 Å². The van der Waals surface area contributed by atoms with Crippen LogP contribution in [0.4, 0.5) is 4.79 Å². The predicted octanol–water partition coefficient (Wildman–Crippen LogP) is 3.40. The van der Waals surface area contributed by atoms with E-state index in [0.29, 0.717) is 11.5 Å². The number of rotatable bonds is 3. The first-order valence-electron chi connectivity index (χ1n) is 8.48. The summed E-state index contributed by atoms with van der Waals surface area (Å²) in [6.07, 6.45) is 2.81. The molecule has 0 aliphatic carbocycles. The second-order valence-corrected chi connectivity index (χ2v) is 6.13. The van der Waals surface area contributed by atoms with E-state index in [4.69, 9.17) is 9.57 Å². The van der Waals surface area contributed by atoms with Gasteiger partial charge in [-0.1, -0.05) is 42.5 Å². The van der Waals surface area contributed by atoms with Crippen molar-refractivity contribution in [1.29, 1.82) is 0 Å². The number of carbonyl (C=O) groups is 2. The number of urea groups is 1. The molecule has 0 unspecified atom stereocenters. The molecule has 0 spiro atoms. The summed E-state index contributed by atoms with van der Waals surface area (Å²) >= 11 is 0. The number of hydrogen-bond donors (Lipinski definition) is 1. The van der Waals surface area contributed by atoms with Gasteiger partial charge in [0.05, 0.1) is 0 Å². The lowest BCUT2D eigenvalue weighted by molar-refractivity contribution is -0.177. The number of allylic oxidation sites excluding steroid dienone is 1. The van der Waals surface area contributed by atoms with Gasteiger partial charge in [0.25, 0.3) is 0 Å². The molecule has 0 atom stereocenters. The monoisotopic (exact) mass is 367 g/mol. The van der Waals surface area contributed by atoms with Gasteiger partial charge < -0.3 is 9.57 Å². The molecule has 2 aromatic carbocycles. The van der Waals surface area contributed by atoms with Crippen LogP contribution in [0.1, 0.15) is 24.1 Å². The van der Waals surface area contributed by atoms with Crippen molar-refractivity contribution in [2.24, 2.45) is 0 Å². The molecule has 27 heavy (non-hydrogen) atoms. The minimum atomic E-state index is -0.652. The quantitative estimate of drug-likeness (QED) is 0.665. The van der Waals surface area contributed by atoms with Crippen LogP contribution in [0.2, 0.25) is 0 Å². The lowest BCUT2D eigenvalue weighted by Crippen LogP contribution is -2.48. The van der Waals surface area contributed by atoms with E-state index >= 15 is 0 Å². The van der Waals surface area contributed by atoms with Crippen molar-refractivity contribution in [3.8, 4) is 11.5 Å². The molecule has 1 heterocycles. The fourth-order valence-corrected chi connectivity index (χ4v) is 2.85. The highest BCUT2D eigenvalue weighted by Gasteiger charge is 2.37. The van der Waals surface area contributed by atoms with Crippen LogP contribution in [0.3, 0.4) is 0 Å². The van der Waals surface area contributed by atoms with Gasteiger partial charge in [0.15, 0.2) is 0 Å². The lowest BCUT2D eigenvalue weighted by atomic mass is 9.94. The summed E-state index contributed by atoms with van der Waals surface area (Å²) in [5.74, 6) is 0.560. The molecule has 7 nitrogen and oxygen atoms in total.